The van der Waals surface area contributed by atoms with E-state index in [2.05, 4.69) is 15.6 Å². The highest BCUT2D eigenvalue weighted by molar-refractivity contribution is 5.80. The summed E-state index contributed by atoms with van der Waals surface area (Å²) in [5.41, 5.74) is 0.706. The molecule has 0 spiro atoms. The number of nitrogens with one attached hydrogen (secondary N) is 2. The lowest BCUT2D eigenvalue weighted by molar-refractivity contribution is -0.122. The van der Waals surface area contributed by atoms with Crippen LogP contribution in [0, 0.1) is 5.82 Å². The molecule has 1 rings (SSSR count). The van der Waals surface area contributed by atoms with Crippen molar-refractivity contribution in [1.82, 2.24) is 15.6 Å². The van der Waals surface area contributed by atoms with E-state index in [0.29, 0.717) is 5.69 Å². The molecule has 0 fully saturated rings. The van der Waals surface area contributed by atoms with Crippen molar-refractivity contribution < 1.29 is 9.18 Å². The predicted octanol–water partition coefficient (Wildman–Crippen LogP) is 1.01. The number of aromatic nitrogens is 1. The van der Waals surface area contributed by atoms with Crippen molar-refractivity contribution in [1.29, 1.82) is 0 Å². The first kappa shape index (κ1) is 12.6. The van der Waals surface area contributed by atoms with Gasteiger partial charge in [-0.25, -0.2) is 4.39 Å². The third-order valence-electron chi connectivity index (χ3n) is 2.33. The number of hydrogen-bond donors (Lipinski definition) is 2. The molecular formula is C11H16FN3O. The van der Waals surface area contributed by atoms with Crippen LogP contribution in [-0.2, 0) is 4.79 Å². The Morgan fingerprint density at radius 1 is 1.44 bits per heavy atom. The number of rotatable bonds is 4. The van der Waals surface area contributed by atoms with Crippen LogP contribution < -0.4 is 10.6 Å². The third kappa shape index (κ3) is 3.27. The maximum Gasteiger partial charge on any atom is 0.236 e. The Morgan fingerprint density at radius 2 is 2.12 bits per heavy atom. The minimum Gasteiger partial charge on any atom is -0.358 e. The molecule has 0 aliphatic heterocycles. The molecule has 5 heteroatoms. The van der Waals surface area contributed by atoms with E-state index in [0.717, 1.165) is 6.20 Å². The average molecular weight is 225 g/mol. The van der Waals surface area contributed by atoms with Gasteiger partial charge in [-0.3, -0.25) is 15.1 Å². The highest BCUT2D eigenvalue weighted by atomic mass is 19.1. The summed E-state index contributed by atoms with van der Waals surface area (Å²) in [5.74, 6) is -0.454. The maximum absolute atomic E-state index is 12.6. The highest BCUT2D eigenvalue weighted by Gasteiger charge is 2.15. The van der Waals surface area contributed by atoms with E-state index >= 15 is 0 Å². The second-order valence-corrected chi connectivity index (χ2v) is 3.63. The van der Waals surface area contributed by atoms with Crippen LogP contribution in [0.5, 0.6) is 0 Å². The number of pyridine rings is 1. The number of amides is 1. The lowest BCUT2D eigenvalue weighted by atomic mass is 10.2. The molecule has 1 aromatic heterocycles. The molecule has 0 aliphatic rings. The third-order valence-corrected chi connectivity index (χ3v) is 2.33. The minimum absolute atomic E-state index is 0.0889. The summed E-state index contributed by atoms with van der Waals surface area (Å²) in [6, 6.07) is 2.54. The lowest BCUT2D eigenvalue weighted by Crippen LogP contribution is -2.41. The standard InChI is InChI=1S/C11H16FN3O/c1-7(15-8(2)11(16)13-3)10-5-4-9(12)6-14-10/h4-8,15H,1-3H3,(H,13,16)/t7?,8-/m1/s1. The fraction of sp³-hybridized carbons (Fsp3) is 0.455. The number of carbonyl (C=O) groups excluding carboxylic acids is 1. The Morgan fingerprint density at radius 3 is 2.62 bits per heavy atom. The molecule has 1 aromatic rings. The van der Waals surface area contributed by atoms with Crippen LogP contribution in [0.1, 0.15) is 25.6 Å². The Balaban J connectivity index is 2.61. The molecule has 0 aliphatic carbocycles. The zero-order chi connectivity index (χ0) is 12.1. The molecule has 0 saturated heterocycles. The fourth-order valence-corrected chi connectivity index (χ4v) is 1.40. The molecule has 16 heavy (non-hydrogen) atoms. The fourth-order valence-electron chi connectivity index (χ4n) is 1.40. The van der Waals surface area contributed by atoms with E-state index in [4.69, 9.17) is 0 Å². The van der Waals surface area contributed by atoms with Gasteiger partial charge < -0.3 is 5.32 Å². The normalized spacial score (nSPS) is 14.2. The van der Waals surface area contributed by atoms with Crippen molar-refractivity contribution in [3.05, 3.63) is 29.8 Å². The van der Waals surface area contributed by atoms with Gasteiger partial charge in [0.05, 0.1) is 17.9 Å². The lowest BCUT2D eigenvalue weighted by Gasteiger charge is -2.18. The maximum atomic E-state index is 12.6. The Labute approximate surface area is 94.3 Å². The zero-order valence-electron chi connectivity index (χ0n) is 9.62. The molecule has 4 nitrogen and oxygen atoms in total. The molecule has 88 valence electrons. The number of carbonyl (C=O) groups is 1. The Hall–Kier alpha value is -1.49. The Bertz CT molecular complexity index is 353. The van der Waals surface area contributed by atoms with E-state index in [1.165, 1.54) is 6.07 Å². The van der Waals surface area contributed by atoms with E-state index in [-0.39, 0.29) is 23.8 Å². The van der Waals surface area contributed by atoms with Gasteiger partial charge in [0.2, 0.25) is 5.91 Å². The van der Waals surface area contributed by atoms with Crippen LogP contribution in [0.4, 0.5) is 4.39 Å². The zero-order valence-corrected chi connectivity index (χ0v) is 9.62. The van der Waals surface area contributed by atoms with Gasteiger partial charge in [0.15, 0.2) is 0 Å². The monoisotopic (exact) mass is 225 g/mol. The summed E-state index contributed by atoms with van der Waals surface area (Å²) in [6.45, 7) is 3.64. The van der Waals surface area contributed by atoms with Crippen LogP contribution in [0.15, 0.2) is 18.3 Å². The summed E-state index contributed by atoms with van der Waals surface area (Å²) in [7, 11) is 1.58. The first-order valence-corrected chi connectivity index (χ1v) is 5.13. The summed E-state index contributed by atoms with van der Waals surface area (Å²) in [6.07, 6.45) is 1.16. The largest absolute Gasteiger partial charge is 0.358 e. The highest BCUT2D eigenvalue weighted by Crippen LogP contribution is 2.10. The van der Waals surface area contributed by atoms with Gasteiger partial charge in [-0.15, -0.1) is 0 Å². The van der Waals surface area contributed by atoms with Gasteiger partial charge in [-0.1, -0.05) is 0 Å². The first-order valence-electron chi connectivity index (χ1n) is 5.13. The smallest absolute Gasteiger partial charge is 0.236 e. The van der Waals surface area contributed by atoms with Gasteiger partial charge in [-0.2, -0.15) is 0 Å². The van der Waals surface area contributed by atoms with E-state index in [9.17, 15) is 9.18 Å². The molecule has 1 unspecified atom stereocenters. The predicted molar refractivity (Wildman–Crippen MR) is 59.3 cm³/mol. The second kappa shape index (κ2) is 5.55. The van der Waals surface area contributed by atoms with E-state index < -0.39 is 0 Å². The van der Waals surface area contributed by atoms with Crippen LogP contribution in [0.3, 0.4) is 0 Å². The molecule has 2 N–H and O–H groups in total. The number of hydrogen-bond acceptors (Lipinski definition) is 3. The van der Waals surface area contributed by atoms with Crippen LogP contribution >= 0.6 is 0 Å². The van der Waals surface area contributed by atoms with Gasteiger partial charge in [0, 0.05) is 13.1 Å². The van der Waals surface area contributed by atoms with Crippen molar-refractivity contribution in [3.8, 4) is 0 Å². The van der Waals surface area contributed by atoms with Crippen LogP contribution in [-0.4, -0.2) is 24.0 Å². The second-order valence-electron chi connectivity index (χ2n) is 3.63. The molecule has 0 radical (unpaired) electrons. The number of likely N-dealkylation sites (N-methyl/N-ethyl adjacent to an activating group) is 1. The van der Waals surface area contributed by atoms with Gasteiger partial charge in [0.25, 0.3) is 0 Å². The number of halogens is 1. The van der Waals surface area contributed by atoms with E-state index in [1.807, 2.05) is 6.92 Å². The summed E-state index contributed by atoms with van der Waals surface area (Å²) >= 11 is 0. The van der Waals surface area contributed by atoms with Crippen molar-refractivity contribution in [3.63, 3.8) is 0 Å². The Kier molecular flexibility index (Phi) is 4.37. The molecule has 1 amide bonds. The van der Waals surface area contributed by atoms with Crippen LogP contribution in [0.25, 0.3) is 0 Å². The van der Waals surface area contributed by atoms with Crippen molar-refractivity contribution in [2.45, 2.75) is 25.9 Å². The summed E-state index contributed by atoms with van der Waals surface area (Å²) in [4.78, 5) is 15.2. The summed E-state index contributed by atoms with van der Waals surface area (Å²) < 4.78 is 12.6. The number of nitrogens with zero attached hydrogens (tertiary/aromatic N) is 1. The topological polar surface area (TPSA) is 54.0 Å². The van der Waals surface area contributed by atoms with Crippen molar-refractivity contribution >= 4 is 5.91 Å². The van der Waals surface area contributed by atoms with Crippen LogP contribution in [0.2, 0.25) is 0 Å². The van der Waals surface area contributed by atoms with Gasteiger partial charge in [0.1, 0.15) is 5.82 Å². The minimum atomic E-state index is -0.365. The molecule has 2 atom stereocenters. The molecule has 0 bridgehead atoms. The molecule has 0 saturated carbocycles. The van der Waals surface area contributed by atoms with Gasteiger partial charge >= 0.3 is 0 Å². The molecule has 0 aromatic carbocycles. The van der Waals surface area contributed by atoms with Crippen molar-refractivity contribution in [2.24, 2.45) is 0 Å². The van der Waals surface area contributed by atoms with E-state index in [1.54, 1.807) is 20.0 Å². The summed E-state index contributed by atoms with van der Waals surface area (Å²) in [5, 5.41) is 5.62. The van der Waals surface area contributed by atoms with Crippen molar-refractivity contribution in [2.75, 3.05) is 7.05 Å². The quantitative estimate of drug-likeness (QED) is 0.804. The first-order chi connectivity index (χ1) is 7.54. The van der Waals surface area contributed by atoms with Gasteiger partial charge in [-0.05, 0) is 26.0 Å². The average Bonchev–Trinajstić information content (AvgIpc) is 2.28. The molecular weight excluding hydrogens is 209 g/mol. The molecule has 1 heterocycles. The SMILES string of the molecule is CNC(=O)[C@@H](C)NC(C)c1ccc(F)cn1.